The van der Waals surface area contributed by atoms with Gasteiger partial charge in [0.15, 0.2) is 16.6 Å². The number of anilines is 1. The van der Waals surface area contributed by atoms with Crippen LogP contribution in [0.25, 0.3) is 0 Å². The SMILES string of the molecule is O=C(CCc1csc(NS(=O)(=O)c2ccc(F)cc2)n1)N1CCN(Cc2ccc3c(c2)OCO3)CC1. The molecule has 12 heteroatoms. The number of hydrogen-bond donors (Lipinski definition) is 1. The standard InChI is InChI=1S/C24H25FN4O5S2/c25-18-2-5-20(6-3-18)36(31,32)27-24-26-19(15-35-24)4-8-23(30)29-11-9-28(10-12-29)14-17-1-7-21-22(13-17)34-16-33-21/h1-3,5-7,13,15H,4,8-12,14,16H2,(H,26,27). The van der Waals surface area contributed by atoms with Crippen LogP contribution in [0.3, 0.4) is 0 Å². The molecule has 0 radical (unpaired) electrons. The highest BCUT2D eigenvalue weighted by atomic mass is 32.2. The Balaban J connectivity index is 1.07. The fourth-order valence-electron chi connectivity index (χ4n) is 4.10. The lowest BCUT2D eigenvalue weighted by Gasteiger charge is -2.34. The van der Waals surface area contributed by atoms with Crippen LogP contribution in [-0.2, 0) is 27.8 Å². The van der Waals surface area contributed by atoms with Gasteiger partial charge in [0.05, 0.1) is 10.6 Å². The molecular weight excluding hydrogens is 507 g/mol. The average molecular weight is 533 g/mol. The Morgan fingerprint density at radius 1 is 1.06 bits per heavy atom. The molecule has 1 fully saturated rings. The van der Waals surface area contributed by atoms with Gasteiger partial charge in [-0.1, -0.05) is 6.07 Å². The number of halogens is 1. The number of benzene rings is 2. The molecule has 5 rings (SSSR count). The Bertz CT molecular complexity index is 1340. The molecule has 9 nitrogen and oxygen atoms in total. The molecule has 0 unspecified atom stereocenters. The number of aromatic nitrogens is 1. The fourth-order valence-corrected chi connectivity index (χ4v) is 6.10. The van der Waals surface area contributed by atoms with Gasteiger partial charge in [-0.15, -0.1) is 11.3 Å². The van der Waals surface area contributed by atoms with E-state index in [1.165, 1.54) is 12.1 Å². The second-order valence-corrected chi connectivity index (χ2v) is 11.1. The van der Waals surface area contributed by atoms with Crippen LogP contribution in [-0.4, -0.2) is 62.1 Å². The second kappa shape index (κ2) is 10.4. The van der Waals surface area contributed by atoms with Gasteiger partial charge in [-0.05, 0) is 48.4 Å². The minimum absolute atomic E-state index is 0.0477. The Hall–Kier alpha value is -3.22. The Morgan fingerprint density at radius 3 is 2.58 bits per heavy atom. The van der Waals surface area contributed by atoms with Crippen molar-refractivity contribution >= 4 is 32.4 Å². The number of sulfonamides is 1. The summed E-state index contributed by atoms with van der Waals surface area (Å²) in [6, 6.07) is 10.5. The first kappa shape index (κ1) is 24.5. The number of aryl methyl sites for hydroxylation is 1. The summed E-state index contributed by atoms with van der Waals surface area (Å²) in [6.07, 6.45) is 0.723. The first-order valence-electron chi connectivity index (χ1n) is 11.5. The van der Waals surface area contributed by atoms with Gasteiger partial charge in [-0.2, -0.15) is 0 Å². The molecule has 0 atom stereocenters. The molecule has 1 amide bonds. The molecule has 1 aromatic heterocycles. The van der Waals surface area contributed by atoms with E-state index >= 15 is 0 Å². The fraction of sp³-hybridized carbons (Fsp3) is 0.333. The van der Waals surface area contributed by atoms with E-state index in [4.69, 9.17) is 9.47 Å². The van der Waals surface area contributed by atoms with E-state index in [1.807, 2.05) is 23.1 Å². The van der Waals surface area contributed by atoms with Gasteiger partial charge in [-0.3, -0.25) is 14.4 Å². The van der Waals surface area contributed by atoms with Crippen LogP contribution in [0.4, 0.5) is 9.52 Å². The molecule has 3 heterocycles. The normalized spacial score (nSPS) is 15.8. The summed E-state index contributed by atoms with van der Waals surface area (Å²) in [4.78, 5) is 21.1. The molecule has 1 N–H and O–H groups in total. The second-order valence-electron chi connectivity index (χ2n) is 8.55. The topological polar surface area (TPSA) is 101 Å². The van der Waals surface area contributed by atoms with E-state index < -0.39 is 15.8 Å². The predicted octanol–water partition coefficient (Wildman–Crippen LogP) is 3.09. The monoisotopic (exact) mass is 532 g/mol. The average Bonchev–Trinajstić information content (AvgIpc) is 3.52. The first-order chi connectivity index (χ1) is 17.4. The van der Waals surface area contributed by atoms with E-state index in [9.17, 15) is 17.6 Å². The van der Waals surface area contributed by atoms with Crippen LogP contribution in [0.5, 0.6) is 11.5 Å². The van der Waals surface area contributed by atoms with Crippen LogP contribution >= 0.6 is 11.3 Å². The lowest BCUT2D eigenvalue weighted by molar-refractivity contribution is -0.133. The zero-order valence-electron chi connectivity index (χ0n) is 19.4. The van der Waals surface area contributed by atoms with Crippen molar-refractivity contribution in [3.63, 3.8) is 0 Å². The molecule has 0 saturated carbocycles. The summed E-state index contributed by atoms with van der Waals surface area (Å²) < 4.78 is 51.2. The third-order valence-electron chi connectivity index (χ3n) is 6.06. The molecule has 2 aromatic carbocycles. The van der Waals surface area contributed by atoms with Crippen molar-refractivity contribution in [3.8, 4) is 11.5 Å². The highest BCUT2D eigenvalue weighted by Gasteiger charge is 2.22. The van der Waals surface area contributed by atoms with Crippen molar-refractivity contribution in [2.24, 2.45) is 0 Å². The summed E-state index contributed by atoms with van der Waals surface area (Å²) in [5.74, 6) is 1.09. The molecule has 3 aromatic rings. The van der Waals surface area contributed by atoms with E-state index in [-0.39, 0.29) is 22.7 Å². The number of fused-ring (bicyclic) bond motifs is 1. The largest absolute Gasteiger partial charge is 0.454 e. The number of carbonyl (C=O) groups excluding carboxylic acids is 1. The zero-order valence-corrected chi connectivity index (χ0v) is 21.0. The number of piperazine rings is 1. The number of nitrogens with one attached hydrogen (secondary N) is 1. The lowest BCUT2D eigenvalue weighted by atomic mass is 10.1. The zero-order chi connectivity index (χ0) is 25.1. The highest BCUT2D eigenvalue weighted by molar-refractivity contribution is 7.93. The Morgan fingerprint density at radius 2 is 1.81 bits per heavy atom. The van der Waals surface area contributed by atoms with E-state index in [0.717, 1.165) is 60.2 Å². The van der Waals surface area contributed by atoms with Crippen LogP contribution in [0, 0.1) is 5.82 Å². The molecule has 190 valence electrons. The van der Waals surface area contributed by atoms with Crippen LogP contribution in [0.15, 0.2) is 52.7 Å². The Labute approximate surface area is 212 Å². The summed E-state index contributed by atoms with van der Waals surface area (Å²) >= 11 is 1.15. The van der Waals surface area contributed by atoms with E-state index in [0.29, 0.717) is 31.6 Å². The maximum Gasteiger partial charge on any atom is 0.263 e. The molecular formula is C24H25FN4O5S2. The van der Waals surface area contributed by atoms with Gasteiger partial charge in [0.25, 0.3) is 10.0 Å². The minimum Gasteiger partial charge on any atom is -0.454 e. The molecule has 0 spiro atoms. The van der Waals surface area contributed by atoms with Gasteiger partial charge in [0.2, 0.25) is 12.7 Å². The first-order valence-corrected chi connectivity index (χ1v) is 13.8. The molecule has 2 aliphatic rings. The van der Waals surface area contributed by atoms with Gasteiger partial charge in [-0.25, -0.2) is 17.8 Å². The molecule has 0 aliphatic carbocycles. The van der Waals surface area contributed by atoms with Crippen molar-refractivity contribution < 1.29 is 27.1 Å². The number of rotatable bonds is 8. The highest BCUT2D eigenvalue weighted by Crippen LogP contribution is 2.33. The minimum atomic E-state index is -3.86. The van der Waals surface area contributed by atoms with Gasteiger partial charge in [0, 0.05) is 44.5 Å². The van der Waals surface area contributed by atoms with Gasteiger partial charge >= 0.3 is 0 Å². The molecule has 1 saturated heterocycles. The number of ether oxygens (including phenoxy) is 2. The summed E-state index contributed by atoms with van der Waals surface area (Å²) in [5, 5.41) is 1.94. The smallest absolute Gasteiger partial charge is 0.263 e. The number of thiazole rings is 1. The quantitative estimate of drug-likeness (QED) is 0.476. The van der Waals surface area contributed by atoms with Crippen molar-refractivity contribution in [2.75, 3.05) is 37.7 Å². The Kier molecular flexibility index (Phi) is 7.08. The third-order valence-corrected chi connectivity index (χ3v) is 8.35. The summed E-state index contributed by atoms with van der Waals surface area (Å²) in [7, 11) is -3.86. The molecule has 0 bridgehead atoms. The van der Waals surface area contributed by atoms with Gasteiger partial charge in [0.1, 0.15) is 5.82 Å². The maximum atomic E-state index is 13.1. The van der Waals surface area contributed by atoms with Crippen LogP contribution in [0.1, 0.15) is 17.7 Å². The van der Waals surface area contributed by atoms with Crippen LogP contribution < -0.4 is 14.2 Å². The summed E-state index contributed by atoms with van der Waals surface area (Å²) in [5.41, 5.74) is 1.79. The van der Waals surface area contributed by atoms with Crippen molar-refractivity contribution in [1.29, 1.82) is 0 Å². The van der Waals surface area contributed by atoms with Crippen molar-refractivity contribution in [2.45, 2.75) is 24.3 Å². The number of amides is 1. The van der Waals surface area contributed by atoms with Crippen molar-refractivity contribution in [1.82, 2.24) is 14.8 Å². The number of hydrogen-bond acceptors (Lipinski definition) is 8. The lowest BCUT2D eigenvalue weighted by Crippen LogP contribution is -2.48. The van der Waals surface area contributed by atoms with E-state index in [1.54, 1.807) is 5.38 Å². The number of nitrogens with zero attached hydrogens (tertiary/aromatic N) is 3. The van der Waals surface area contributed by atoms with Crippen molar-refractivity contribution in [3.05, 3.63) is 64.9 Å². The maximum absolute atomic E-state index is 13.1. The predicted molar refractivity (Wildman–Crippen MR) is 132 cm³/mol. The van der Waals surface area contributed by atoms with E-state index in [2.05, 4.69) is 14.6 Å². The third kappa shape index (κ3) is 5.77. The number of carbonyl (C=O) groups is 1. The van der Waals surface area contributed by atoms with Gasteiger partial charge < -0.3 is 14.4 Å². The molecule has 2 aliphatic heterocycles. The van der Waals surface area contributed by atoms with Crippen LogP contribution in [0.2, 0.25) is 0 Å². The summed E-state index contributed by atoms with van der Waals surface area (Å²) in [6.45, 7) is 3.92. The molecule has 36 heavy (non-hydrogen) atoms.